The summed E-state index contributed by atoms with van der Waals surface area (Å²) in [4.78, 5) is 22.2. The van der Waals surface area contributed by atoms with Crippen molar-refractivity contribution in [3.63, 3.8) is 0 Å². The quantitative estimate of drug-likeness (QED) is 0.616. The van der Waals surface area contributed by atoms with E-state index < -0.39 is 14.3 Å². The van der Waals surface area contributed by atoms with Gasteiger partial charge in [-0.1, -0.05) is 20.8 Å². The lowest BCUT2D eigenvalue weighted by Crippen LogP contribution is -2.47. The van der Waals surface area contributed by atoms with Gasteiger partial charge in [0.25, 0.3) is 0 Å². The molecule has 1 rings (SSSR count). The Morgan fingerprint density at radius 2 is 1.68 bits per heavy atom. The minimum Gasteiger partial charge on any atom is -0.481 e. The van der Waals surface area contributed by atoms with Crippen molar-refractivity contribution >= 4 is 20.3 Å². The zero-order chi connectivity index (χ0) is 17.1. The number of hydrogen-bond acceptors (Lipinski definition) is 4. The largest absolute Gasteiger partial charge is 0.481 e. The van der Waals surface area contributed by atoms with E-state index in [9.17, 15) is 9.59 Å². The second-order valence-electron chi connectivity index (χ2n) is 7.90. The monoisotopic (exact) mass is 330 g/mol. The third-order valence-corrected chi connectivity index (χ3v) is 9.32. The smallest absolute Gasteiger partial charge is 0.303 e. The number of carboxylic acid groups (broad SMARTS) is 1. The molecule has 0 bridgehead atoms. The highest BCUT2D eigenvalue weighted by molar-refractivity contribution is 6.74. The van der Waals surface area contributed by atoms with E-state index in [-0.39, 0.29) is 35.6 Å². The molecule has 0 saturated heterocycles. The number of carbonyl (C=O) groups is 2. The Kier molecular flexibility index (Phi) is 6.21. The minimum absolute atomic E-state index is 0.00497. The van der Waals surface area contributed by atoms with Crippen molar-refractivity contribution in [3.8, 4) is 0 Å². The fraction of sp³-hybridized carbons (Fsp3) is 0.875. The van der Waals surface area contributed by atoms with Gasteiger partial charge in [0, 0.05) is 25.9 Å². The maximum Gasteiger partial charge on any atom is 0.303 e. The minimum atomic E-state index is -1.92. The Morgan fingerprint density at radius 3 is 2.14 bits per heavy atom. The topological polar surface area (TPSA) is 72.8 Å². The Balaban J connectivity index is 2.79. The first-order valence-electron chi connectivity index (χ1n) is 7.97. The van der Waals surface area contributed by atoms with Gasteiger partial charge in [-0.25, -0.2) is 0 Å². The molecule has 5 nitrogen and oxygen atoms in total. The molecule has 1 aliphatic carbocycles. The van der Waals surface area contributed by atoms with Crippen LogP contribution in [-0.4, -0.2) is 37.6 Å². The number of aliphatic carboxylic acids is 1. The number of hydrogen-bond donors (Lipinski definition) is 1. The Morgan fingerprint density at radius 1 is 1.14 bits per heavy atom. The second kappa shape index (κ2) is 7.13. The highest BCUT2D eigenvalue weighted by Gasteiger charge is 2.42. The van der Waals surface area contributed by atoms with Gasteiger partial charge in [-0.05, 0) is 36.9 Å². The molecule has 1 N–H and O–H groups in total. The number of rotatable bonds is 5. The van der Waals surface area contributed by atoms with E-state index in [1.165, 1.54) is 6.92 Å². The van der Waals surface area contributed by atoms with Crippen LogP contribution in [0.2, 0.25) is 18.1 Å². The molecule has 1 fully saturated rings. The van der Waals surface area contributed by atoms with Gasteiger partial charge in [0.15, 0.2) is 8.32 Å². The molecule has 0 aromatic heterocycles. The summed E-state index contributed by atoms with van der Waals surface area (Å²) in [6, 6.07) is 0. The van der Waals surface area contributed by atoms with Crippen LogP contribution in [0.4, 0.5) is 0 Å². The van der Waals surface area contributed by atoms with E-state index in [4.69, 9.17) is 14.3 Å². The maximum absolute atomic E-state index is 11.2. The van der Waals surface area contributed by atoms with Gasteiger partial charge in [-0.2, -0.15) is 0 Å². The van der Waals surface area contributed by atoms with Gasteiger partial charge in [-0.3, -0.25) is 9.59 Å². The zero-order valence-electron chi connectivity index (χ0n) is 14.6. The molecule has 0 aromatic carbocycles. The van der Waals surface area contributed by atoms with E-state index in [2.05, 4.69) is 33.9 Å². The number of esters is 1. The average Bonchev–Trinajstić information content (AvgIpc) is 2.23. The Bertz CT molecular complexity index is 389. The van der Waals surface area contributed by atoms with Crippen LogP contribution in [0.1, 0.15) is 53.4 Å². The molecule has 0 unspecified atom stereocenters. The van der Waals surface area contributed by atoms with Crippen molar-refractivity contribution in [2.24, 2.45) is 5.92 Å². The summed E-state index contributed by atoms with van der Waals surface area (Å²) in [5.74, 6) is -1.11. The van der Waals surface area contributed by atoms with Crippen molar-refractivity contribution in [2.45, 2.75) is 83.7 Å². The van der Waals surface area contributed by atoms with Crippen LogP contribution < -0.4 is 0 Å². The summed E-state index contributed by atoms with van der Waals surface area (Å²) in [6.45, 7) is 12.3. The van der Waals surface area contributed by atoms with Crippen molar-refractivity contribution in [3.05, 3.63) is 0 Å². The molecule has 22 heavy (non-hydrogen) atoms. The van der Waals surface area contributed by atoms with Crippen molar-refractivity contribution in [1.29, 1.82) is 0 Å². The second-order valence-corrected chi connectivity index (χ2v) is 12.7. The molecule has 1 aliphatic rings. The van der Waals surface area contributed by atoms with Crippen molar-refractivity contribution < 1.29 is 23.9 Å². The summed E-state index contributed by atoms with van der Waals surface area (Å²) < 4.78 is 11.8. The van der Waals surface area contributed by atoms with Crippen LogP contribution >= 0.6 is 0 Å². The summed E-state index contributed by atoms with van der Waals surface area (Å²) in [7, 11) is -1.92. The van der Waals surface area contributed by atoms with Crippen molar-refractivity contribution in [2.75, 3.05) is 0 Å². The van der Waals surface area contributed by atoms with Gasteiger partial charge in [0.05, 0.1) is 0 Å². The van der Waals surface area contributed by atoms with Gasteiger partial charge in [0.1, 0.15) is 6.10 Å². The van der Waals surface area contributed by atoms with E-state index in [1.54, 1.807) is 0 Å². The predicted molar refractivity (Wildman–Crippen MR) is 87.2 cm³/mol. The maximum atomic E-state index is 11.2. The highest BCUT2D eigenvalue weighted by Crippen LogP contribution is 2.40. The highest BCUT2D eigenvalue weighted by atomic mass is 28.4. The SMILES string of the molecule is CC(=O)O[C@@H]1C[C@H](CC(=O)O)C[C@@H](O[Si](C)(C)C(C)(C)C)C1. The summed E-state index contributed by atoms with van der Waals surface area (Å²) in [6.07, 6.45) is 1.87. The van der Waals surface area contributed by atoms with Gasteiger partial charge in [0.2, 0.25) is 0 Å². The van der Waals surface area contributed by atoms with Crippen LogP contribution in [-0.2, 0) is 18.8 Å². The molecule has 0 heterocycles. The molecule has 0 amide bonds. The normalized spacial score (nSPS) is 26.5. The third-order valence-electron chi connectivity index (χ3n) is 4.78. The molecule has 128 valence electrons. The van der Waals surface area contributed by atoms with Crippen LogP contribution in [0, 0.1) is 5.92 Å². The van der Waals surface area contributed by atoms with E-state index in [1.807, 2.05) is 0 Å². The van der Waals surface area contributed by atoms with Crippen LogP contribution in [0.15, 0.2) is 0 Å². The summed E-state index contributed by atoms with van der Waals surface area (Å²) in [5, 5.41) is 9.14. The lowest BCUT2D eigenvalue weighted by atomic mass is 9.83. The molecular formula is C16H30O5Si. The third kappa shape index (κ3) is 5.72. The Hall–Kier alpha value is -0.883. The lowest BCUT2D eigenvalue weighted by molar-refractivity contribution is -0.151. The lowest BCUT2D eigenvalue weighted by Gasteiger charge is -2.42. The number of carbonyl (C=O) groups excluding carboxylic acids is 1. The molecule has 0 aromatic rings. The molecule has 3 atom stereocenters. The molecule has 0 aliphatic heterocycles. The van der Waals surface area contributed by atoms with Crippen molar-refractivity contribution in [1.82, 2.24) is 0 Å². The fourth-order valence-corrected chi connectivity index (χ4v) is 4.14. The molecule has 0 radical (unpaired) electrons. The van der Waals surface area contributed by atoms with E-state index >= 15 is 0 Å². The van der Waals surface area contributed by atoms with Gasteiger partial charge in [-0.15, -0.1) is 0 Å². The fourth-order valence-electron chi connectivity index (χ4n) is 2.76. The molecule has 6 heteroatoms. The standard InChI is InChI=1S/C16H30O5Si/c1-11(17)20-13-7-12(9-15(18)19)8-14(10-13)21-22(5,6)16(2,3)4/h12-14H,7-10H2,1-6H3,(H,18,19)/t12-,13+,14+/m0/s1. The van der Waals surface area contributed by atoms with E-state index in [0.717, 1.165) is 6.42 Å². The molecule has 0 spiro atoms. The number of carboxylic acids is 1. The summed E-state index contributed by atoms with van der Waals surface area (Å²) >= 11 is 0. The first kappa shape index (κ1) is 19.2. The number of ether oxygens (including phenoxy) is 1. The van der Waals surface area contributed by atoms with Gasteiger partial charge >= 0.3 is 11.9 Å². The Labute approximate surface area is 134 Å². The summed E-state index contributed by atoms with van der Waals surface area (Å²) in [5.41, 5.74) is 0. The average molecular weight is 330 g/mol. The predicted octanol–water partition coefficient (Wildman–Crippen LogP) is 3.58. The molecular weight excluding hydrogens is 300 g/mol. The first-order chi connectivity index (χ1) is 9.90. The van der Waals surface area contributed by atoms with Crippen LogP contribution in [0.3, 0.4) is 0 Å². The molecule has 1 saturated carbocycles. The first-order valence-corrected chi connectivity index (χ1v) is 10.9. The van der Waals surface area contributed by atoms with Gasteiger partial charge < -0.3 is 14.3 Å². The zero-order valence-corrected chi connectivity index (χ0v) is 15.6. The van der Waals surface area contributed by atoms with E-state index in [0.29, 0.717) is 12.8 Å². The van der Waals surface area contributed by atoms with Crippen LogP contribution in [0.5, 0.6) is 0 Å². The van der Waals surface area contributed by atoms with Crippen LogP contribution in [0.25, 0.3) is 0 Å².